The van der Waals surface area contributed by atoms with Crippen LogP contribution < -0.4 is 11.5 Å². The van der Waals surface area contributed by atoms with Gasteiger partial charge in [-0.15, -0.1) is 0 Å². The van der Waals surface area contributed by atoms with Crippen molar-refractivity contribution in [3.05, 3.63) is 30.1 Å². The Labute approximate surface area is 85.0 Å². The Morgan fingerprint density at radius 3 is 2.27 bits per heavy atom. The third-order valence-electron chi connectivity index (χ3n) is 1.75. The van der Waals surface area contributed by atoms with Crippen molar-refractivity contribution < 1.29 is 4.39 Å². The van der Waals surface area contributed by atoms with Gasteiger partial charge in [0.1, 0.15) is 5.82 Å². The first-order valence-electron chi connectivity index (χ1n) is 4.18. The van der Waals surface area contributed by atoms with Gasteiger partial charge in [0, 0.05) is 5.56 Å². The molecule has 0 bridgehead atoms. The van der Waals surface area contributed by atoms with Gasteiger partial charge in [-0.3, -0.25) is 0 Å². The molecule has 1 aromatic carbocycles. The summed E-state index contributed by atoms with van der Waals surface area (Å²) >= 11 is 0. The summed E-state index contributed by atoms with van der Waals surface area (Å²) in [5.41, 5.74) is 11.3. The smallest absolute Gasteiger partial charge is 0.225 e. The number of nitrogens with two attached hydrogens (primary N) is 2. The number of benzene rings is 1. The van der Waals surface area contributed by atoms with Crippen LogP contribution in [0.15, 0.2) is 24.3 Å². The van der Waals surface area contributed by atoms with Gasteiger partial charge in [0.25, 0.3) is 0 Å². The van der Waals surface area contributed by atoms with E-state index in [9.17, 15) is 4.39 Å². The van der Waals surface area contributed by atoms with Crippen molar-refractivity contribution in [2.45, 2.75) is 0 Å². The fraction of sp³-hybridized carbons (Fsp3) is 0. The first-order valence-corrected chi connectivity index (χ1v) is 4.18. The van der Waals surface area contributed by atoms with Crippen LogP contribution in [0.4, 0.5) is 16.3 Å². The maximum Gasteiger partial charge on any atom is 0.225 e. The van der Waals surface area contributed by atoms with Crippen LogP contribution in [0.1, 0.15) is 0 Å². The highest BCUT2D eigenvalue weighted by molar-refractivity contribution is 5.56. The van der Waals surface area contributed by atoms with Crippen molar-refractivity contribution in [1.29, 1.82) is 0 Å². The minimum absolute atomic E-state index is 0.0155. The number of hydrogen-bond acceptors (Lipinski definition) is 5. The molecule has 0 atom stereocenters. The molecule has 0 saturated heterocycles. The Morgan fingerprint density at radius 1 is 1.00 bits per heavy atom. The SMILES string of the molecule is Nc1nc(N)nc(-c2cccc(F)c2)n1. The molecule has 5 nitrogen and oxygen atoms in total. The van der Waals surface area contributed by atoms with E-state index in [1.54, 1.807) is 12.1 Å². The van der Waals surface area contributed by atoms with Gasteiger partial charge in [0.2, 0.25) is 11.9 Å². The van der Waals surface area contributed by atoms with Crippen molar-refractivity contribution in [1.82, 2.24) is 15.0 Å². The third-order valence-corrected chi connectivity index (χ3v) is 1.75. The monoisotopic (exact) mass is 205 g/mol. The van der Waals surface area contributed by atoms with Crippen LogP contribution in [-0.4, -0.2) is 15.0 Å². The Kier molecular flexibility index (Phi) is 2.17. The van der Waals surface area contributed by atoms with Crippen LogP contribution >= 0.6 is 0 Å². The summed E-state index contributed by atoms with van der Waals surface area (Å²) in [6.45, 7) is 0. The van der Waals surface area contributed by atoms with Gasteiger partial charge in [-0.05, 0) is 12.1 Å². The molecule has 1 aromatic heterocycles. The Bertz CT molecular complexity index is 479. The van der Waals surface area contributed by atoms with Crippen LogP contribution in [0.2, 0.25) is 0 Å². The predicted molar refractivity (Wildman–Crippen MR) is 54.0 cm³/mol. The van der Waals surface area contributed by atoms with Gasteiger partial charge in [0.15, 0.2) is 5.82 Å². The summed E-state index contributed by atoms with van der Waals surface area (Å²) in [7, 11) is 0. The van der Waals surface area contributed by atoms with Crippen molar-refractivity contribution in [3.63, 3.8) is 0 Å². The van der Waals surface area contributed by atoms with E-state index in [0.717, 1.165) is 0 Å². The number of nitrogens with zero attached hydrogens (tertiary/aromatic N) is 3. The number of halogens is 1. The first kappa shape index (κ1) is 9.32. The van der Waals surface area contributed by atoms with Gasteiger partial charge in [-0.2, -0.15) is 15.0 Å². The Morgan fingerprint density at radius 2 is 1.67 bits per heavy atom. The zero-order valence-corrected chi connectivity index (χ0v) is 7.68. The van der Waals surface area contributed by atoms with E-state index in [-0.39, 0.29) is 23.5 Å². The van der Waals surface area contributed by atoms with Gasteiger partial charge < -0.3 is 11.5 Å². The molecule has 0 fully saturated rings. The predicted octanol–water partition coefficient (Wildman–Crippen LogP) is 0.842. The molecular weight excluding hydrogens is 197 g/mol. The summed E-state index contributed by atoms with van der Waals surface area (Å²) in [6.07, 6.45) is 0. The van der Waals surface area contributed by atoms with Gasteiger partial charge in [-0.25, -0.2) is 4.39 Å². The molecule has 2 aromatic rings. The molecule has 0 saturated carbocycles. The average molecular weight is 205 g/mol. The lowest BCUT2D eigenvalue weighted by atomic mass is 10.2. The second-order valence-corrected chi connectivity index (χ2v) is 2.89. The molecule has 2 rings (SSSR count). The minimum Gasteiger partial charge on any atom is -0.368 e. The van der Waals surface area contributed by atoms with Crippen LogP contribution in [0.25, 0.3) is 11.4 Å². The Balaban J connectivity index is 2.54. The van der Waals surface area contributed by atoms with Crippen LogP contribution in [0.3, 0.4) is 0 Å². The molecular formula is C9H8FN5. The minimum atomic E-state index is -0.370. The lowest BCUT2D eigenvalue weighted by molar-refractivity contribution is 0.628. The lowest BCUT2D eigenvalue weighted by Crippen LogP contribution is -2.04. The summed E-state index contributed by atoms with van der Waals surface area (Å²) in [5.74, 6) is -0.0759. The molecule has 0 amide bonds. The van der Waals surface area contributed by atoms with E-state index in [4.69, 9.17) is 11.5 Å². The van der Waals surface area contributed by atoms with Gasteiger partial charge in [0.05, 0.1) is 0 Å². The lowest BCUT2D eigenvalue weighted by Gasteiger charge is -2.01. The van der Waals surface area contributed by atoms with Crippen molar-refractivity contribution in [2.75, 3.05) is 11.5 Å². The van der Waals surface area contributed by atoms with Crippen LogP contribution in [0, 0.1) is 5.82 Å². The summed E-state index contributed by atoms with van der Waals surface area (Å²) in [6, 6.07) is 5.85. The molecule has 0 aliphatic heterocycles. The molecule has 0 aliphatic rings. The standard InChI is InChI=1S/C9H8FN5/c10-6-3-1-2-5(4-6)7-13-8(11)15-9(12)14-7/h1-4H,(H4,11,12,13,14,15). The summed E-state index contributed by atoms with van der Waals surface area (Å²) in [4.78, 5) is 11.3. The average Bonchev–Trinajstić information content (AvgIpc) is 2.16. The van der Waals surface area contributed by atoms with Gasteiger partial charge >= 0.3 is 0 Å². The van der Waals surface area contributed by atoms with Crippen LogP contribution in [0.5, 0.6) is 0 Å². The van der Waals surface area contributed by atoms with E-state index in [1.165, 1.54) is 12.1 Å². The second kappa shape index (κ2) is 3.49. The maximum absolute atomic E-state index is 12.9. The fourth-order valence-corrected chi connectivity index (χ4v) is 1.17. The largest absolute Gasteiger partial charge is 0.368 e. The second-order valence-electron chi connectivity index (χ2n) is 2.89. The molecule has 15 heavy (non-hydrogen) atoms. The van der Waals surface area contributed by atoms with E-state index in [2.05, 4.69) is 15.0 Å². The molecule has 0 radical (unpaired) electrons. The number of hydrogen-bond donors (Lipinski definition) is 2. The fourth-order valence-electron chi connectivity index (χ4n) is 1.17. The quantitative estimate of drug-likeness (QED) is 0.719. The van der Waals surface area contributed by atoms with E-state index in [1.807, 2.05) is 0 Å². The van der Waals surface area contributed by atoms with Crippen molar-refractivity contribution >= 4 is 11.9 Å². The topological polar surface area (TPSA) is 90.7 Å². The highest BCUT2D eigenvalue weighted by atomic mass is 19.1. The third kappa shape index (κ3) is 1.98. The molecule has 76 valence electrons. The maximum atomic E-state index is 12.9. The summed E-state index contributed by atoms with van der Waals surface area (Å²) in [5, 5.41) is 0. The molecule has 4 N–H and O–H groups in total. The molecule has 6 heteroatoms. The normalized spacial score (nSPS) is 10.2. The summed E-state index contributed by atoms with van der Waals surface area (Å²) < 4.78 is 12.9. The molecule has 0 unspecified atom stereocenters. The van der Waals surface area contributed by atoms with E-state index < -0.39 is 0 Å². The molecule has 1 heterocycles. The highest BCUT2D eigenvalue weighted by Crippen LogP contribution is 2.16. The van der Waals surface area contributed by atoms with Crippen molar-refractivity contribution in [3.8, 4) is 11.4 Å². The zero-order chi connectivity index (χ0) is 10.8. The Hall–Kier alpha value is -2.24. The number of aromatic nitrogens is 3. The molecule has 0 spiro atoms. The highest BCUT2D eigenvalue weighted by Gasteiger charge is 2.05. The molecule has 0 aliphatic carbocycles. The number of rotatable bonds is 1. The number of anilines is 2. The van der Waals surface area contributed by atoms with Gasteiger partial charge in [-0.1, -0.05) is 12.1 Å². The van der Waals surface area contributed by atoms with E-state index >= 15 is 0 Å². The van der Waals surface area contributed by atoms with Crippen LogP contribution in [-0.2, 0) is 0 Å². The van der Waals surface area contributed by atoms with Crippen molar-refractivity contribution in [2.24, 2.45) is 0 Å². The zero-order valence-electron chi connectivity index (χ0n) is 7.68. The van der Waals surface area contributed by atoms with E-state index in [0.29, 0.717) is 5.56 Å². The number of nitrogen functional groups attached to an aromatic ring is 2. The first-order chi connectivity index (χ1) is 7.15.